The van der Waals surface area contributed by atoms with Gasteiger partial charge in [-0.2, -0.15) is 23.5 Å². The standard InChI is InChI=1S/C20H15F3N4/c1-13-18(14(2)27(26-13)17-6-4-3-5-7-17)10-15(11-24)19-9-8-16(12-25-19)20(21,22)23/h3-10,12H,1-2H3. The summed E-state index contributed by atoms with van der Waals surface area (Å²) < 4.78 is 39.8. The lowest BCUT2D eigenvalue weighted by Crippen LogP contribution is -2.05. The van der Waals surface area contributed by atoms with Crippen molar-refractivity contribution < 1.29 is 13.2 Å². The number of nitrogens with zero attached hydrogens (tertiary/aromatic N) is 4. The van der Waals surface area contributed by atoms with Gasteiger partial charge in [-0.25, -0.2) is 4.68 Å². The molecule has 0 N–H and O–H groups in total. The maximum absolute atomic E-state index is 12.7. The number of pyridine rings is 1. The topological polar surface area (TPSA) is 54.5 Å². The van der Waals surface area contributed by atoms with E-state index in [1.807, 2.05) is 50.2 Å². The Labute approximate surface area is 154 Å². The van der Waals surface area contributed by atoms with Crippen LogP contribution in [0.4, 0.5) is 13.2 Å². The normalized spacial score (nSPS) is 12.1. The van der Waals surface area contributed by atoms with E-state index in [-0.39, 0.29) is 11.3 Å². The molecule has 0 radical (unpaired) electrons. The highest BCUT2D eigenvalue weighted by atomic mass is 19.4. The number of nitriles is 1. The summed E-state index contributed by atoms with van der Waals surface area (Å²) in [5.74, 6) is 0. The number of rotatable bonds is 3. The van der Waals surface area contributed by atoms with Crippen LogP contribution in [-0.4, -0.2) is 14.8 Å². The largest absolute Gasteiger partial charge is 0.417 e. The van der Waals surface area contributed by atoms with E-state index in [1.165, 1.54) is 6.07 Å². The monoisotopic (exact) mass is 368 g/mol. The van der Waals surface area contributed by atoms with Crippen LogP contribution in [0.15, 0.2) is 48.7 Å². The Balaban J connectivity index is 2.02. The van der Waals surface area contributed by atoms with Crippen molar-refractivity contribution in [1.82, 2.24) is 14.8 Å². The molecule has 0 amide bonds. The van der Waals surface area contributed by atoms with Gasteiger partial charge in [-0.05, 0) is 44.2 Å². The summed E-state index contributed by atoms with van der Waals surface area (Å²) in [5, 5.41) is 14.0. The van der Waals surface area contributed by atoms with Crippen LogP contribution in [0.1, 0.15) is 28.2 Å². The predicted molar refractivity (Wildman–Crippen MR) is 95.8 cm³/mol. The zero-order chi connectivity index (χ0) is 19.6. The van der Waals surface area contributed by atoms with Crippen molar-refractivity contribution in [2.45, 2.75) is 20.0 Å². The van der Waals surface area contributed by atoms with Crippen LogP contribution in [0, 0.1) is 25.2 Å². The van der Waals surface area contributed by atoms with Crippen LogP contribution in [-0.2, 0) is 6.18 Å². The average Bonchev–Trinajstić information content (AvgIpc) is 2.94. The first-order valence-electron chi connectivity index (χ1n) is 8.08. The van der Waals surface area contributed by atoms with Gasteiger partial charge in [0.1, 0.15) is 6.07 Å². The lowest BCUT2D eigenvalue weighted by molar-refractivity contribution is -0.137. The van der Waals surface area contributed by atoms with Gasteiger partial charge in [0, 0.05) is 17.5 Å². The average molecular weight is 368 g/mol. The summed E-state index contributed by atoms with van der Waals surface area (Å²) in [6.07, 6.45) is -2.13. The third kappa shape index (κ3) is 3.75. The second-order valence-corrected chi connectivity index (χ2v) is 5.93. The highest BCUT2D eigenvalue weighted by Gasteiger charge is 2.30. The predicted octanol–water partition coefficient (Wildman–Crippen LogP) is 4.97. The molecule has 7 heteroatoms. The van der Waals surface area contributed by atoms with E-state index >= 15 is 0 Å². The van der Waals surface area contributed by atoms with Gasteiger partial charge in [-0.3, -0.25) is 4.98 Å². The van der Waals surface area contributed by atoms with Crippen molar-refractivity contribution in [3.63, 3.8) is 0 Å². The minimum absolute atomic E-state index is 0.169. The number of aryl methyl sites for hydroxylation is 1. The van der Waals surface area contributed by atoms with Gasteiger partial charge in [-0.15, -0.1) is 0 Å². The van der Waals surface area contributed by atoms with E-state index in [0.717, 1.165) is 29.2 Å². The van der Waals surface area contributed by atoms with Crippen molar-refractivity contribution in [3.8, 4) is 11.8 Å². The van der Waals surface area contributed by atoms with Gasteiger partial charge in [0.05, 0.1) is 28.2 Å². The maximum atomic E-state index is 12.7. The molecule has 27 heavy (non-hydrogen) atoms. The number of hydrogen-bond acceptors (Lipinski definition) is 3. The van der Waals surface area contributed by atoms with Gasteiger partial charge in [0.2, 0.25) is 0 Å². The van der Waals surface area contributed by atoms with E-state index in [0.29, 0.717) is 5.69 Å². The van der Waals surface area contributed by atoms with Crippen molar-refractivity contribution in [2.75, 3.05) is 0 Å². The number of para-hydroxylation sites is 1. The lowest BCUT2D eigenvalue weighted by Gasteiger charge is -2.06. The molecule has 0 saturated carbocycles. The molecule has 0 atom stereocenters. The zero-order valence-corrected chi connectivity index (χ0v) is 14.6. The Morgan fingerprint density at radius 3 is 2.37 bits per heavy atom. The van der Waals surface area contributed by atoms with Crippen LogP contribution >= 0.6 is 0 Å². The first-order valence-corrected chi connectivity index (χ1v) is 8.08. The number of hydrogen-bond donors (Lipinski definition) is 0. The number of halogens is 3. The summed E-state index contributed by atoms with van der Waals surface area (Å²) in [6.45, 7) is 3.68. The molecule has 2 heterocycles. The summed E-state index contributed by atoms with van der Waals surface area (Å²) in [4.78, 5) is 3.80. The molecule has 0 aliphatic heterocycles. The molecule has 0 spiro atoms. The molecule has 0 saturated heterocycles. The smallest absolute Gasteiger partial charge is 0.255 e. The molecule has 3 aromatic rings. The van der Waals surface area contributed by atoms with Crippen molar-refractivity contribution >= 4 is 11.6 Å². The summed E-state index contributed by atoms with van der Waals surface area (Å²) in [5.41, 5.74) is 2.63. The molecule has 0 aliphatic carbocycles. The van der Waals surface area contributed by atoms with Gasteiger partial charge in [0.15, 0.2) is 0 Å². The molecule has 2 aromatic heterocycles. The third-order valence-corrected chi connectivity index (χ3v) is 4.12. The van der Waals surface area contributed by atoms with Gasteiger partial charge >= 0.3 is 6.18 Å². The van der Waals surface area contributed by atoms with Gasteiger partial charge in [0.25, 0.3) is 0 Å². The van der Waals surface area contributed by atoms with Crippen LogP contribution in [0.2, 0.25) is 0 Å². The van der Waals surface area contributed by atoms with Crippen molar-refractivity contribution in [2.24, 2.45) is 0 Å². The Bertz CT molecular complexity index is 1020. The number of benzene rings is 1. The fraction of sp³-hybridized carbons (Fsp3) is 0.150. The van der Waals surface area contributed by atoms with Crippen molar-refractivity contribution in [1.29, 1.82) is 5.26 Å². The van der Waals surface area contributed by atoms with Gasteiger partial charge in [-0.1, -0.05) is 18.2 Å². The SMILES string of the molecule is Cc1nn(-c2ccccc2)c(C)c1C=C(C#N)c1ccc(C(F)(F)F)cn1. The second-order valence-electron chi connectivity index (χ2n) is 5.93. The molecule has 4 nitrogen and oxygen atoms in total. The molecule has 0 unspecified atom stereocenters. The molecule has 0 fully saturated rings. The number of aromatic nitrogens is 3. The lowest BCUT2D eigenvalue weighted by atomic mass is 10.1. The molecule has 3 rings (SSSR count). The molecular weight excluding hydrogens is 353 g/mol. The summed E-state index contributed by atoms with van der Waals surface area (Å²) in [7, 11) is 0. The first-order chi connectivity index (χ1) is 12.8. The third-order valence-electron chi connectivity index (χ3n) is 4.12. The highest BCUT2D eigenvalue weighted by molar-refractivity contribution is 5.89. The first kappa shape index (κ1) is 18.4. The van der Waals surface area contributed by atoms with Crippen molar-refractivity contribution in [3.05, 3.63) is 76.9 Å². The van der Waals surface area contributed by atoms with Crippen LogP contribution < -0.4 is 0 Å². The highest BCUT2D eigenvalue weighted by Crippen LogP contribution is 2.29. The fourth-order valence-corrected chi connectivity index (χ4v) is 2.71. The molecule has 0 aliphatic rings. The Morgan fingerprint density at radius 2 is 1.81 bits per heavy atom. The molecular formula is C20H15F3N4. The summed E-state index contributed by atoms with van der Waals surface area (Å²) >= 11 is 0. The summed E-state index contributed by atoms with van der Waals surface area (Å²) in [6, 6.07) is 13.6. The van der Waals surface area contributed by atoms with E-state index in [9.17, 15) is 18.4 Å². The maximum Gasteiger partial charge on any atom is 0.417 e. The number of allylic oxidation sites excluding steroid dienone is 1. The quantitative estimate of drug-likeness (QED) is 0.614. The molecule has 1 aromatic carbocycles. The zero-order valence-electron chi connectivity index (χ0n) is 14.6. The number of alkyl halides is 3. The minimum Gasteiger partial charge on any atom is -0.255 e. The molecule has 0 bridgehead atoms. The van der Waals surface area contributed by atoms with Crippen LogP contribution in [0.25, 0.3) is 17.3 Å². The molecule has 136 valence electrons. The second kappa shape index (κ2) is 7.08. The Kier molecular flexibility index (Phi) is 4.82. The van der Waals surface area contributed by atoms with E-state index in [4.69, 9.17) is 0 Å². The van der Waals surface area contributed by atoms with Crippen LogP contribution in [0.5, 0.6) is 0 Å². The Morgan fingerprint density at radius 1 is 1.11 bits per heavy atom. The van der Waals surface area contributed by atoms with E-state index < -0.39 is 11.7 Å². The minimum atomic E-state index is -4.47. The van der Waals surface area contributed by atoms with Gasteiger partial charge < -0.3 is 0 Å². The Hall–Kier alpha value is -3.40. The van der Waals surface area contributed by atoms with E-state index in [2.05, 4.69) is 10.1 Å². The van der Waals surface area contributed by atoms with E-state index in [1.54, 1.807) is 10.8 Å². The fourth-order valence-electron chi connectivity index (χ4n) is 2.71. The van der Waals surface area contributed by atoms with Crippen LogP contribution in [0.3, 0.4) is 0 Å².